The zero-order chi connectivity index (χ0) is 36.4. The molecule has 8 atom stereocenters. The predicted molar refractivity (Wildman–Crippen MR) is 206 cm³/mol. The fourth-order valence-electron chi connectivity index (χ4n) is 8.80. The summed E-state index contributed by atoms with van der Waals surface area (Å²) in [5.41, 5.74) is 3.01. The van der Waals surface area contributed by atoms with Crippen LogP contribution in [0.15, 0.2) is 119 Å². The number of hydrogen-bond acceptors (Lipinski definition) is 6. The van der Waals surface area contributed by atoms with Gasteiger partial charge in [0.15, 0.2) is 22.2 Å². The van der Waals surface area contributed by atoms with Gasteiger partial charge in [-0.3, -0.25) is 8.37 Å². The Morgan fingerprint density at radius 2 is 0.904 bits per heavy atom. The van der Waals surface area contributed by atoms with Gasteiger partial charge in [-0.25, -0.2) is 8.42 Å². The van der Waals surface area contributed by atoms with Crippen LogP contribution in [0.5, 0.6) is 0 Å². The number of ether oxygens (including phenoxy) is 2. The van der Waals surface area contributed by atoms with E-state index in [2.05, 4.69) is 88.4 Å². The van der Waals surface area contributed by atoms with E-state index in [1.807, 2.05) is 48.5 Å². The highest BCUT2D eigenvalue weighted by Crippen LogP contribution is 2.64. The van der Waals surface area contributed by atoms with E-state index in [1.54, 1.807) is 0 Å². The molecule has 4 aliphatic rings. The molecule has 0 radical (unpaired) electrons. The molecule has 276 valence electrons. The van der Waals surface area contributed by atoms with Gasteiger partial charge in [0.2, 0.25) is 0 Å². The van der Waals surface area contributed by atoms with Gasteiger partial charge < -0.3 is 9.47 Å². The normalized spacial score (nSPS) is 32.8. The van der Waals surface area contributed by atoms with Crippen LogP contribution in [0.3, 0.4) is 0 Å². The van der Waals surface area contributed by atoms with Crippen molar-refractivity contribution in [2.75, 3.05) is 13.2 Å². The van der Waals surface area contributed by atoms with Crippen LogP contribution in [-0.2, 0) is 51.2 Å². The molecule has 0 bridgehead atoms. The summed E-state index contributed by atoms with van der Waals surface area (Å²) < 4.78 is 50.7. The smallest absolute Gasteiger partial charge is 0.189 e. The summed E-state index contributed by atoms with van der Waals surface area (Å²) in [6, 6.07) is 36.5. The molecular weight excluding hydrogens is 689 g/mol. The van der Waals surface area contributed by atoms with E-state index in [9.17, 15) is 8.42 Å². The Morgan fingerprint density at radius 1 is 0.538 bits per heavy atom. The lowest BCUT2D eigenvalue weighted by Gasteiger charge is -2.34. The van der Waals surface area contributed by atoms with Crippen molar-refractivity contribution in [3.05, 3.63) is 131 Å². The van der Waals surface area contributed by atoms with E-state index in [-0.39, 0.29) is 23.0 Å². The van der Waals surface area contributed by atoms with Gasteiger partial charge in [0, 0.05) is 22.0 Å². The quantitative estimate of drug-likeness (QED) is 0.151. The van der Waals surface area contributed by atoms with Gasteiger partial charge in [0.25, 0.3) is 0 Å². The number of rotatable bonds is 10. The van der Waals surface area contributed by atoms with Gasteiger partial charge in [-0.05, 0) is 48.9 Å². The minimum absolute atomic E-state index is 0.0485. The summed E-state index contributed by atoms with van der Waals surface area (Å²) in [6.07, 6.45) is 8.56. The molecule has 4 aromatic rings. The third kappa shape index (κ3) is 6.37. The Morgan fingerprint density at radius 3 is 1.27 bits per heavy atom. The molecule has 8 heteroatoms. The molecule has 6 nitrogen and oxygen atoms in total. The summed E-state index contributed by atoms with van der Waals surface area (Å²) in [6.45, 7) is 9.77. The van der Waals surface area contributed by atoms with Crippen LogP contribution in [0.2, 0.25) is 0 Å². The number of fused-ring (bicyclic) bond motifs is 6. The first-order chi connectivity index (χ1) is 25.4. The molecule has 52 heavy (non-hydrogen) atoms. The van der Waals surface area contributed by atoms with Crippen molar-refractivity contribution in [1.82, 2.24) is 0 Å². The fraction of sp³-hybridized carbons (Fsp3) is 0.455. The third-order valence-electron chi connectivity index (χ3n) is 12.1. The topological polar surface area (TPSA) is 77.7 Å². The van der Waals surface area contributed by atoms with Crippen LogP contribution in [0.4, 0.5) is 0 Å². The second kappa shape index (κ2) is 15.4. The molecule has 4 heterocycles. The molecule has 2 saturated heterocycles. The lowest BCUT2D eigenvalue weighted by atomic mass is 9.71. The van der Waals surface area contributed by atoms with Crippen LogP contribution in [0, 0.1) is 10.8 Å². The maximum Gasteiger partial charge on any atom is 0.189 e. The summed E-state index contributed by atoms with van der Waals surface area (Å²) in [5.74, 6) is 0. The highest BCUT2D eigenvalue weighted by molar-refractivity contribution is 7.80. The zero-order valence-corrected chi connectivity index (χ0v) is 32.5. The van der Waals surface area contributed by atoms with Crippen LogP contribution in [0.25, 0.3) is 0 Å². The number of benzene rings is 4. The molecule has 4 aromatic carbocycles. The second-order valence-corrected chi connectivity index (χ2v) is 17.1. The average molecular weight is 741 g/mol. The standard InChI is InChI=1S/2C22H26O3S/c2*1-3-5-15-21(4-2)16-24-26(23)19-14-10-9-13-18(19)22(20(21)25-22)17-11-7-6-8-12-17/h2*6-14,20H,3-5,15-16H2,1-2H3/t20-,21+,22+,26?;20-,21-,22+,26?/m01/s1. The minimum atomic E-state index is -1.47. The molecule has 0 aromatic heterocycles. The van der Waals surface area contributed by atoms with E-state index in [1.165, 1.54) is 0 Å². The van der Waals surface area contributed by atoms with Gasteiger partial charge in [0.05, 0.1) is 23.0 Å². The van der Waals surface area contributed by atoms with Crippen LogP contribution in [-0.4, -0.2) is 33.8 Å². The number of unbranched alkanes of at least 4 members (excludes halogenated alkanes) is 2. The van der Waals surface area contributed by atoms with Gasteiger partial charge in [-0.2, -0.15) is 0 Å². The molecule has 4 aliphatic heterocycles. The van der Waals surface area contributed by atoms with E-state index in [4.69, 9.17) is 17.8 Å². The molecule has 0 saturated carbocycles. The Kier molecular flexibility index (Phi) is 11.1. The SMILES string of the molecule is CCCC[C@]1(CC)COS(=O)c2ccccc2[C@@]2(c3ccccc3)O[C@@H]12.CCCC[C@]1(CC)COS(=O)c2ccccc2[C@]2(c3ccccc3)O[C@H]12. The molecule has 0 N–H and O–H groups in total. The average Bonchev–Trinajstić information content (AvgIpc) is 4.14. The first-order valence-electron chi connectivity index (χ1n) is 19.1. The van der Waals surface area contributed by atoms with E-state index in [0.717, 1.165) is 83.4 Å². The molecule has 2 unspecified atom stereocenters. The Labute approximate surface area is 315 Å². The van der Waals surface area contributed by atoms with Gasteiger partial charge >= 0.3 is 0 Å². The molecule has 2 fully saturated rings. The van der Waals surface area contributed by atoms with E-state index >= 15 is 0 Å². The molecule has 0 aliphatic carbocycles. The highest BCUT2D eigenvalue weighted by atomic mass is 32.2. The van der Waals surface area contributed by atoms with Crippen molar-refractivity contribution < 1.29 is 26.3 Å². The monoisotopic (exact) mass is 740 g/mol. The summed E-state index contributed by atoms with van der Waals surface area (Å²) in [5, 5.41) is 0. The number of hydrogen-bond donors (Lipinski definition) is 0. The van der Waals surface area contributed by atoms with Gasteiger partial charge in [0.1, 0.15) is 23.4 Å². The Hall–Kier alpha value is -2.98. The fourth-order valence-corrected chi connectivity index (χ4v) is 10.9. The van der Waals surface area contributed by atoms with Crippen LogP contribution in [0.1, 0.15) is 101 Å². The second-order valence-electron chi connectivity index (χ2n) is 14.8. The van der Waals surface area contributed by atoms with Crippen molar-refractivity contribution in [3.63, 3.8) is 0 Å². The predicted octanol–water partition coefficient (Wildman–Crippen LogP) is 9.94. The van der Waals surface area contributed by atoms with Crippen molar-refractivity contribution in [2.45, 2.75) is 112 Å². The summed E-state index contributed by atoms with van der Waals surface area (Å²) in [4.78, 5) is 1.47. The maximum atomic E-state index is 12.9. The summed E-state index contributed by atoms with van der Waals surface area (Å²) in [7, 11) is 0. The summed E-state index contributed by atoms with van der Waals surface area (Å²) >= 11 is -2.94. The molecule has 0 amide bonds. The largest absolute Gasteiger partial charge is 0.355 e. The van der Waals surface area contributed by atoms with Gasteiger partial charge in [-0.15, -0.1) is 0 Å². The van der Waals surface area contributed by atoms with Crippen molar-refractivity contribution in [2.24, 2.45) is 10.8 Å². The lowest BCUT2D eigenvalue weighted by Crippen LogP contribution is -2.38. The maximum absolute atomic E-state index is 12.9. The third-order valence-corrected chi connectivity index (χ3v) is 14.1. The molecule has 0 spiro atoms. The van der Waals surface area contributed by atoms with Crippen LogP contribution >= 0.6 is 0 Å². The first-order valence-corrected chi connectivity index (χ1v) is 21.3. The van der Waals surface area contributed by atoms with Crippen molar-refractivity contribution in [1.29, 1.82) is 0 Å². The van der Waals surface area contributed by atoms with Crippen LogP contribution < -0.4 is 0 Å². The first kappa shape index (κ1) is 37.3. The van der Waals surface area contributed by atoms with Gasteiger partial charge in [-0.1, -0.05) is 150 Å². The highest BCUT2D eigenvalue weighted by Gasteiger charge is 2.69. The Bertz CT molecular complexity index is 1750. The van der Waals surface area contributed by atoms with E-state index < -0.39 is 33.4 Å². The zero-order valence-electron chi connectivity index (χ0n) is 30.9. The molecular formula is C44H52O6S2. The van der Waals surface area contributed by atoms with Crippen molar-refractivity contribution >= 4 is 22.2 Å². The molecule has 8 rings (SSSR count). The Balaban J connectivity index is 0.000000162. The van der Waals surface area contributed by atoms with E-state index in [0.29, 0.717) is 13.2 Å². The lowest BCUT2D eigenvalue weighted by molar-refractivity contribution is 0.0957. The minimum Gasteiger partial charge on any atom is -0.355 e. The number of epoxide rings is 2. The van der Waals surface area contributed by atoms with Crippen molar-refractivity contribution in [3.8, 4) is 0 Å².